The van der Waals surface area contributed by atoms with Crippen LogP contribution in [0.1, 0.15) is 29.7 Å². The maximum absolute atomic E-state index is 13.0. The van der Waals surface area contributed by atoms with Crippen LogP contribution in [0.5, 0.6) is 5.75 Å². The largest absolute Gasteiger partial charge is 0.493 e. The molecule has 112 valence electrons. The van der Waals surface area contributed by atoms with Crippen LogP contribution in [-0.4, -0.2) is 11.7 Å². The molecule has 1 unspecified atom stereocenters. The molecule has 2 aromatic rings. The summed E-state index contributed by atoms with van der Waals surface area (Å²) in [5.74, 6) is 0.379. The molecule has 0 saturated carbocycles. The predicted octanol–water partition coefficient (Wildman–Crippen LogP) is 4.19. The van der Waals surface area contributed by atoms with Gasteiger partial charge in [-0.3, -0.25) is 0 Å². The number of halogens is 3. The molecule has 5 heteroatoms. The highest BCUT2D eigenvalue weighted by atomic mass is 19.4. The van der Waals surface area contributed by atoms with Gasteiger partial charge in [0.1, 0.15) is 11.9 Å². The Morgan fingerprint density at radius 2 is 1.57 bits per heavy atom. The quantitative estimate of drug-likeness (QED) is 0.917. The number of rotatable bonds is 4. The van der Waals surface area contributed by atoms with E-state index < -0.39 is 17.8 Å². The van der Waals surface area contributed by atoms with Gasteiger partial charge in [-0.2, -0.15) is 13.2 Å². The molecule has 0 aliphatic heterocycles. The molecule has 0 radical (unpaired) electrons. The van der Waals surface area contributed by atoms with Crippen LogP contribution in [0.2, 0.25) is 0 Å². The molecule has 2 rings (SSSR count). The summed E-state index contributed by atoms with van der Waals surface area (Å²) in [7, 11) is 0. The van der Waals surface area contributed by atoms with Crippen molar-refractivity contribution >= 4 is 0 Å². The molecule has 0 fully saturated rings. The Kier molecular flexibility index (Phi) is 4.53. The molecule has 1 atom stereocenters. The van der Waals surface area contributed by atoms with Gasteiger partial charge in [0.05, 0.1) is 12.2 Å². The van der Waals surface area contributed by atoms with Gasteiger partial charge >= 0.3 is 6.18 Å². The Hall–Kier alpha value is -2.01. The van der Waals surface area contributed by atoms with E-state index in [0.717, 1.165) is 6.07 Å². The molecule has 21 heavy (non-hydrogen) atoms. The number of aliphatic hydroxyl groups excluding tert-OH is 1. The van der Waals surface area contributed by atoms with Crippen LogP contribution in [0.4, 0.5) is 13.2 Å². The minimum absolute atomic E-state index is 0.183. The first-order valence-electron chi connectivity index (χ1n) is 6.51. The first kappa shape index (κ1) is 15.4. The lowest BCUT2D eigenvalue weighted by atomic mass is 9.96. The van der Waals surface area contributed by atoms with Crippen molar-refractivity contribution in [1.82, 2.24) is 0 Å². The summed E-state index contributed by atoms with van der Waals surface area (Å²) in [5.41, 5.74) is -0.711. The number of hydrogen-bond donors (Lipinski definition) is 1. The molecule has 0 spiro atoms. The second kappa shape index (κ2) is 6.18. The molecule has 2 aromatic carbocycles. The number of benzene rings is 2. The molecule has 0 aliphatic carbocycles. The maximum Gasteiger partial charge on any atom is 0.416 e. The molecule has 0 heterocycles. The van der Waals surface area contributed by atoms with Gasteiger partial charge in [-0.1, -0.05) is 36.4 Å². The van der Waals surface area contributed by atoms with Crippen molar-refractivity contribution in [2.24, 2.45) is 0 Å². The summed E-state index contributed by atoms with van der Waals surface area (Å²) in [6, 6.07) is 11.5. The molecule has 0 bridgehead atoms. The van der Waals surface area contributed by atoms with E-state index in [1.54, 1.807) is 31.2 Å². The van der Waals surface area contributed by atoms with Gasteiger partial charge < -0.3 is 9.84 Å². The lowest BCUT2D eigenvalue weighted by Gasteiger charge is -2.19. The molecular formula is C16H15F3O2. The van der Waals surface area contributed by atoms with E-state index >= 15 is 0 Å². The van der Waals surface area contributed by atoms with Gasteiger partial charge in [0.2, 0.25) is 0 Å². The Bertz CT molecular complexity index is 608. The van der Waals surface area contributed by atoms with Gasteiger partial charge in [-0.05, 0) is 24.6 Å². The molecule has 0 aliphatic rings. The van der Waals surface area contributed by atoms with Crippen molar-refractivity contribution in [2.45, 2.75) is 19.2 Å². The van der Waals surface area contributed by atoms with E-state index in [4.69, 9.17) is 4.74 Å². The first-order chi connectivity index (χ1) is 9.95. The third-order valence-corrected chi connectivity index (χ3v) is 3.07. The zero-order valence-corrected chi connectivity index (χ0v) is 11.4. The smallest absolute Gasteiger partial charge is 0.416 e. The zero-order valence-electron chi connectivity index (χ0n) is 11.4. The van der Waals surface area contributed by atoms with Gasteiger partial charge in [-0.15, -0.1) is 0 Å². The molecule has 1 N–H and O–H groups in total. The van der Waals surface area contributed by atoms with E-state index in [-0.39, 0.29) is 5.56 Å². The average molecular weight is 296 g/mol. The number of hydrogen-bond acceptors (Lipinski definition) is 2. The molecule has 0 saturated heterocycles. The summed E-state index contributed by atoms with van der Waals surface area (Å²) >= 11 is 0. The van der Waals surface area contributed by atoms with Crippen LogP contribution in [0, 0.1) is 0 Å². The number of aliphatic hydroxyl groups is 1. The summed E-state index contributed by atoms with van der Waals surface area (Å²) in [6.45, 7) is 2.14. The van der Waals surface area contributed by atoms with Crippen molar-refractivity contribution in [2.75, 3.05) is 6.61 Å². The number of alkyl halides is 3. The van der Waals surface area contributed by atoms with Crippen molar-refractivity contribution in [3.8, 4) is 5.75 Å². The number of ether oxygens (including phenoxy) is 1. The third-order valence-electron chi connectivity index (χ3n) is 3.07. The fourth-order valence-corrected chi connectivity index (χ4v) is 2.15. The van der Waals surface area contributed by atoms with Gasteiger partial charge in [0.15, 0.2) is 0 Å². The summed E-state index contributed by atoms with van der Waals surface area (Å²) in [4.78, 5) is 0. The van der Waals surface area contributed by atoms with Crippen LogP contribution >= 0.6 is 0 Å². The maximum atomic E-state index is 13.0. The van der Waals surface area contributed by atoms with Crippen LogP contribution in [0.15, 0.2) is 48.5 Å². The first-order valence-corrected chi connectivity index (χ1v) is 6.51. The minimum atomic E-state index is -4.52. The van der Waals surface area contributed by atoms with Gasteiger partial charge in [0, 0.05) is 5.56 Å². The van der Waals surface area contributed by atoms with Gasteiger partial charge in [-0.25, -0.2) is 0 Å². The molecular weight excluding hydrogens is 281 g/mol. The number of para-hydroxylation sites is 1. The fourth-order valence-electron chi connectivity index (χ4n) is 2.15. The van der Waals surface area contributed by atoms with Crippen LogP contribution < -0.4 is 4.74 Å². The Morgan fingerprint density at radius 1 is 1.00 bits per heavy atom. The normalized spacial score (nSPS) is 13.0. The lowest BCUT2D eigenvalue weighted by molar-refractivity contribution is -0.139. The highest BCUT2D eigenvalue weighted by Crippen LogP contribution is 2.38. The van der Waals surface area contributed by atoms with E-state index in [1.165, 1.54) is 18.2 Å². The molecule has 0 aromatic heterocycles. The lowest BCUT2D eigenvalue weighted by Crippen LogP contribution is -2.13. The van der Waals surface area contributed by atoms with Crippen LogP contribution in [0.25, 0.3) is 0 Å². The van der Waals surface area contributed by atoms with E-state index in [0.29, 0.717) is 17.9 Å². The van der Waals surface area contributed by atoms with E-state index in [2.05, 4.69) is 0 Å². The van der Waals surface area contributed by atoms with Crippen LogP contribution in [-0.2, 0) is 6.18 Å². The Labute approximate surface area is 120 Å². The Balaban J connectivity index is 2.48. The van der Waals surface area contributed by atoms with Crippen molar-refractivity contribution < 1.29 is 23.0 Å². The summed E-state index contributed by atoms with van der Waals surface area (Å²) in [5, 5.41) is 10.4. The standard InChI is InChI=1S/C16H15F3O2/c1-2-21-14-10-6-4-8-12(14)15(20)11-7-3-5-9-13(11)16(17,18)19/h3-10,15,20H,2H2,1H3. The summed E-state index contributed by atoms with van der Waals surface area (Å²) in [6.07, 6.45) is -5.91. The van der Waals surface area contributed by atoms with Crippen molar-refractivity contribution in [3.63, 3.8) is 0 Å². The zero-order chi connectivity index (χ0) is 15.5. The molecule has 2 nitrogen and oxygen atoms in total. The SMILES string of the molecule is CCOc1ccccc1C(O)c1ccccc1C(F)(F)F. The second-order valence-corrected chi connectivity index (χ2v) is 4.46. The van der Waals surface area contributed by atoms with Gasteiger partial charge in [0.25, 0.3) is 0 Å². The van der Waals surface area contributed by atoms with Crippen LogP contribution in [0.3, 0.4) is 0 Å². The monoisotopic (exact) mass is 296 g/mol. The van der Waals surface area contributed by atoms with Crippen molar-refractivity contribution in [1.29, 1.82) is 0 Å². The van der Waals surface area contributed by atoms with E-state index in [9.17, 15) is 18.3 Å². The third kappa shape index (κ3) is 3.36. The molecule has 0 amide bonds. The minimum Gasteiger partial charge on any atom is -0.493 e. The topological polar surface area (TPSA) is 29.5 Å². The highest BCUT2D eigenvalue weighted by molar-refractivity contribution is 5.43. The Morgan fingerprint density at radius 3 is 2.19 bits per heavy atom. The van der Waals surface area contributed by atoms with E-state index in [1.807, 2.05) is 0 Å². The average Bonchev–Trinajstić information content (AvgIpc) is 2.46. The highest BCUT2D eigenvalue weighted by Gasteiger charge is 2.35. The summed E-state index contributed by atoms with van der Waals surface area (Å²) < 4.78 is 44.5. The second-order valence-electron chi connectivity index (χ2n) is 4.46. The fraction of sp³-hybridized carbons (Fsp3) is 0.250. The van der Waals surface area contributed by atoms with Crippen molar-refractivity contribution in [3.05, 3.63) is 65.2 Å². The predicted molar refractivity (Wildman–Crippen MR) is 73.1 cm³/mol.